The van der Waals surface area contributed by atoms with E-state index in [9.17, 15) is 9.36 Å². The second-order valence-corrected chi connectivity index (χ2v) is 7.73. The van der Waals surface area contributed by atoms with Crippen LogP contribution < -0.4 is 5.30 Å². The molecular formula is C19H19O3P. The number of benzene rings is 2. The number of hydrogen-bond acceptors (Lipinski definition) is 3. The van der Waals surface area contributed by atoms with Crippen LogP contribution in [0.2, 0.25) is 0 Å². The summed E-state index contributed by atoms with van der Waals surface area (Å²) in [5.41, 5.74) is 2.56. The van der Waals surface area contributed by atoms with Crippen LogP contribution in [0.1, 0.15) is 27.0 Å². The summed E-state index contributed by atoms with van der Waals surface area (Å²) in [5.74, 6) is 2.29. The first-order chi connectivity index (χ1) is 10.9. The fraction of sp³-hybridized carbons (Fsp3) is 0.211. The molecule has 118 valence electrons. The van der Waals surface area contributed by atoms with Crippen LogP contribution in [-0.4, -0.2) is 12.1 Å². The monoisotopic (exact) mass is 326 g/mol. The highest BCUT2D eigenvalue weighted by Crippen LogP contribution is 2.49. The number of carbonyl (C=O) groups is 1. The fourth-order valence-corrected chi connectivity index (χ4v) is 4.64. The van der Waals surface area contributed by atoms with E-state index >= 15 is 0 Å². The van der Waals surface area contributed by atoms with Crippen molar-refractivity contribution in [3.05, 3.63) is 64.7 Å². The van der Waals surface area contributed by atoms with Crippen LogP contribution in [0, 0.1) is 33.1 Å². The lowest BCUT2D eigenvalue weighted by Crippen LogP contribution is -2.17. The molecule has 0 spiro atoms. The molecule has 0 amide bonds. The van der Waals surface area contributed by atoms with Gasteiger partial charge in [0.15, 0.2) is 0 Å². The number of rotatable bonds is 5. The first-order valence-electron chi connectivity index (χ1n) is 7.26. The maximum absolute atomic E-state index is 13.4. The van der Waals surface area contributed by atoms with Gasteiger partial charge in [0.1, 0.15) is 6.61 Å². The zero-order valence-electron chi connectivity index (χ0n) is 13.5. The highest BCUT2D eigenvalue weighted by molar-refractivity contribution is 7.83. The first kappa shape index (κ1) is 17.2. The molecule has 23 heavy (non-hydrogen) atoms. The minimum absolute atomic E-state index is 0.179. The molecule has 2 rings (SSSR count). The van der Waals surface area contributed by atoms with Gasteiger partial charge in [-0.3, -0.25) is 9.36 Å². The lowest BCUT2D eigenvalue weighted by atomic mass is 10.0. The molecule has 0 aromatic heterocycles. The van der Waals surface area contributed by atoms with Crippen LogP contribution in [-0.2, 0) is 9.09 Å². The second kappa shape index (κ2) is 6.96. The predicted octanol–water partition coefficient (Wildman–Crippen LogP) is 4.01. The Balaban J connectivity index is 2.60. The lowest BCUT2D eigenvalue weighted by Gasteiger charge is -2.19. The van der Waals surface area contributed by atoms with E-state index < -0.39 is 12.9 Å². The van der Waals surface area contributed by atoms with E-state index in [0.29, 0.717) is 10.9 Å². The van der Waals surface area contributed by atoms with Crippen molar-refractivity contribution in [3.8, 4) is 12.3 Å². The van der Waals surface area contributed by atoms with Gasteiger partial charge in [-0.15, -0.1) is 6.42 Å². The van der Waals surface area contributed by atoms with Crippen LogP contribution in [0.5, 0.6) is 0 Å². The van der Waals surface area contributed by atoms with Crippen molar-refractivity contribution >= 4 is 18.2 Å². The van der Waals surface area contributed by atoms with Crippen LogP contribution in [0.3, 0.4) is 0 Å². The third kappa shape index (κ3) is 3.45. The number of aryl methyl sites for hydroxylation is 3. The van der Waals surface area contributed by atoms with E-state index in [0.717, 1.165) is 16.7 Å². The largest absolute Gasteiger partial charge is 0.307 e. The predicted molar refractivity (Wildman–Crippen MR) is 93.5 cm³/mol. The number of hydrogen-bond donors (Lipinski definition) is 0. The zero-order valence-corrected chi connectivity index (χ0v) is 14.4. The summed E-state index contributed by atoms with van der Waals surface area (Å²) >= 11 is 0. The van der Waals surface area contributed by atoms with Crippen LogP contribution >= 0.6 is 7.37 Å². The highest BCUT2D eigenvalue weighted by atomic mass is 31.2. The summed E-state index contributed by atoms with van der Waals surface area (Å²) in [6.45, 7) is 5.45. The quantitative estimate of drug-likeness (QED) is 0.616. The Bertz CT molecular complexity index is 793. The van der Waals surface area contributed by atoms with Gasteiger partial charge in [0.25, 0.3) is 5.52 Å². The molecule has 0 aliphatic heterocycles. The summed E-state index contributed by atoms with van der Waals surface area (Å²) < 4.78 is 18.8. The number of terminal acetylenes is 1. The first-order valence-corrected chi connectivity index (χ1v) is 8.89. The smallest absolute Gasteiger partial charge is 0.301 e. The topological polar surface area (TPSA) is 43.4 Å². The molecule has 4 heteroatoms. The highest BCUT2D eigenvalue weighted by Gasteiger charge is 2.37. The average Bonchev–Trinajstić information content (AvgIpc) is 2.52. The van der Waals surface area contributed by atoms with Gasteiger partial charge in [-0.05, 0) is 44.0 Å². The standard InChI is InChI=1S/C19H19O3P/c1-5-11-22-23(21,17-9-7-6-8-10-17)19(20)18-15(3)12-14(2)13-16(18)4/h1,6-10,12-13H,11H2,2-4H3. The average molecular weight is 326 g/mol. The van der Waals surface area contributed by atoms with E-state index in [4.69, 9.17) is 10.9 Å². The van der Waals surface area contributed by atoms with E-state index in [1.165, 1.54) is 0 Å². The van der Waals surface area contributed by atoms with Crippen molar-refractivity contribution < 1.29 is 13.9 Å². The SMILES string of the molecule is C#CCOP(=O)(C(=O)c1c(C)cc(C)cc1C)c1ccccc1. The molecule has 2 aromatic carbocycles. The summed E-state index contributed by atoms with van der Waals surface area (Å²) in [6.07, 6.45) is 5.22. The Morgan fingerprint density at radius 1 is 1.13 bits per heavy atom. The molecule has 1 atom stereocenters. The van der Waals surface area contributed by atoms with Crippen molar-refractivity contribution in [1.29, 1.82) is 0 Å². The van der Waals surface area contributed by atoms with E-state index in [1.54, 1.807) is 30.3 Å². The van der Waals surface area contributed by atoms with E-state index in [2.05, 4.69) is 5.92 Å². The van der Waals surface area contributed by atoms with Gasteiger partial charge >= 0.3 is 7.37 Å². The normalized spacial score (nSPS) is 13.1. The summed E-state index contributed by atoms with van der Waals surface area (Å²) in [4.78, 5) is 13.1. The molecule has 0 radical (unpaired) electrons. The van der Waals surface area contributed by atoms with Gasteiger partial charge in [-0.1, -0.05) is 41.8 Å². The van der Waals surface area contributed by atoms with Crippen LogP contribution in [0.25, 0.3) is 0 Å². The Morgan fingerprint density at radius 2 is 1.70 bits per heavy atom. The molecule has 0 saturated heterocycles. The van der Waals surface area contributed by atoms with Gasteiger partial charge in [-0.25, -0.2) is 0 Å². The van der Waals surface area contributed by atoms with Crippen LogP contribution in [0.15, 0.2) is 42.5 Å². The van der Waals surface area contributed by atoms with Crippen molar-refractivity contribution in [1.82, 2.24) is 0 Å². The Kier molecular flexibility index (Phi) is 5.21. The van der Waals surface area contributed by atoms with Crippen molar-refractivity contribution in [2.45, 2.75) is 20.8 Å². The van der Waals surface area contributed by atoms with Crippen molar-refractivity contribution in [3.63, 3.8) is 0 Å². The maximum Gasteiger partial charge on any atom is 0.301 e. The summed E-state index contributed by atoms with van der Waals surface area (Å²) in [6, 6.07) is 12.3. The molecule has 0 saturated carbocycles. The molecule has 2 aromatic rings. The molecule has 0 bridgehead atoms. The second-order valence-electron chi connectivity index (χ2n) is 5.44. The van der Waals surface area contributed by atoms with Gasteiger partial charge in [-0.2, -0.15) is 0 Å². The molecule has 0 heterocycles. The molecule has 1 unspecified atom stereocenters. The van der Waals surface area contributed by atoms with Gasteiger partial charge in [0, 0.05) is 10.9 Å². The Hall–Kier alpha value is -2.14. The maximum atomic E-state index is 13.4. The molecular weight excluding hydrogens is 307 g/mol. The van der Waals surface area contributed by atoms with Crippen molar-refractivity contribution in [2.24, 2.45) is 0 Å². The molecule has 0 aliphatic carbocycles. The third-order valence-electron chi connectivity index (χ3n) is 3.58. The molecule has 0 N–H and O–H groups in total. The van der Waals surface area contributed by atoms with Crippen LogP contribution in [0.4, 0.5) is 0 Å². The lowest BCUT2D eigenvalue weighted by molar-refractivity contribution is 0.105. The Labute approximate surface area is 137 Å². The summed E-state index contributed by atoms with van der Waals surface area (Å²) in [7, 11) is -3.75. The molecule has 3 nitrogen and oxygen atoms in total. The minimum Gasteiger partial charge on any atom is -0.307 e. The zero-order chi connectivity index (χ0) is 17.0. The van der Waals surface area contributed by atoms with E-state index in [-0.39, 0.29) is 6.61 Å². The van der Waals surface area contributed by atoms with E-state index in [1.807, 2.05) is 32.9 Å². The van der Waals surface area contributed by atoms with Crippen molar-refractivity contribution in [2.75, 3.05) is 6.61 Å². The van der Waals surface area contributed by atoms with Gasteiger partial charge in [0.2, 0.25) is 0 Å². The molecule has 0 aliphatic rings. The minimum atomic E-state index is -3.75. The number of carbonyl (C=O) groups excluding carboxylic acids is 1. The molecule has 0 fully saturated rings. The Morgan fingerprint density at radius 3 is 2.22 bits per heavy atom. The summed E-state index contributed by atoms with van der Waals surface area (Å²) in [5, 5.41) is 0.361. The van der Waals surface area contributed by atoms with Gasteiger partial charge < -0.3 is 4.52 Å². The third-order valence-corrected chi connectivity index (χ3v) is 5.81. The van der Waals surface area contributed by atoms with Gasteiger partial charge in [0.05, 0.1) is 0 Å². The fourth-order valence-electron chi connectivity index (χ4n) is 2.67.